The molecule has 1 amide bonds. The highest BCUT2D eigenvalue weighted by Crippen LogP contribution is 2.32. The van der Waals surface area contributed by atoms with Crippen molar-refractivity contribution in [2.45, 2.75) is 19.3 Å². The topological polar surface area (TPSA) is 105 Å². The Hall–Kier alpha value is -4.57. The van der Waals surface area contributed by atoms with Crippen molar-refractivity contribution in [2.75, 3.05) is 11.9 Å². The second-order valence-electron chi connectivity index (χ2n) is 8.22. The Labute approximate surface area is 203 Å². The fourth-order valence-electron chi connectivity index (χ4n) is 4.03. The number of carbonyl (C=O) groups is 1. The van der Waals surface area contributed by atoms with Crippen LogP contribution < -0.4 is 11.1 Å². The van der Waals surface area contributed by atoms with Gasteiger partial charge in [0.15, 0.2) is 0 Å². The van der Waals surface area contributed by atoms with Gasteiger partial charge < -0.3 is 11.1 Å². The summed E-state index contributed by atoms with van der Waals surface area (Å²) in [6.07, 6.45) is 3.78. The molecule has 6 nitrogen and oxygen atoms in total. The molecule has 4 rings (SSSR count). The fraction of sp³-hybridized carbons (Fsp3) is 0.143. The quantitative estimate of drug-likeness (QED) is 0.391. The summed E-state index contributed by atoms with van der Waals surface area (Å²) in [5.41, 5.74) is 10.7. The molecule has 0 fully saturated rings. The SMILES string of the molecule is Cc1ccc(-c2ccc(C(C(N)=O)c3cccnc3)c(NCCc3cccc(F)c3)n2)c(C#N)c1. The third-order valence-corrected chi connectivity index (χ3v) is 5.71. The third-order valence-electron chi connectivity index (χ3n) is 5.71. The predicted molar refractivity (Wildman–Crippen MR) is 133 cm³/mol. The van der Waals surface area contributed by atoms with Gasteiger partial charge in [-0.1, -0.05) is 36.4 Å². The molecule has 35 heavy (non-hydrogen) atoms. The van der Waals surface area contributed by atoms with E-state index in [9.17, 15) is 14.4 Å². The molecule has 7 heteroatoms. The molecule has 174 valence electrons. The first kappa shape index (κ1) is 23.6. The molecule has 1 unspecified atom stereocenters. The average Bonchev–Trinajstić information content (AvgIpc) is 2.85. The highest BCUT2D eigenvalue weighted by atomic mass is 19.1. The number of hydrogen-bond acceptors (Lipinski definition) is 5. The Morgan fingerprint density at radius 1 is 1.14 bits per heavy atom. The van der Waals surface area contributed by atoms with E-state index in [0.29, 0.717) is 46.7 Å². The van der Waals surface area contributed by atoms with Crippen molar-refractivity contribution in [3.05, 3.63) is 113 Å². The summed E-state index contributed by atoms with van der Waals surface area (Å²) >= 11 is 0. The van der Waals surface area contributed by atoms with E-state index in [4.69, 9.17) is 10.7 Å². The maximum atomic E-state index is 13.6. The van der Waals surface area contributed by atoms with Gasteiger partial charge in [0.2, 0.25) is 5.91 Å². The van der Waals surface area contributed by atoms with Gasteiger partial charge in [0.1, 0.15) is 11.6 Å². The predicted octanol–water partition coefficient (Wildman–Crippen LogP) is 4.73. The average molecular weight is 466 g/mol. The Balaban J connectivity index is 1.75. The van der Waals surface area contributed by atoms with Crippen molar-refractivity contribution in [2.24, 2.45) is 5.73 Å². The number of hydrogen-bond donors (Lipinski definition) is 2. The van der Waals surface area contributed by atoms with Gasteiger partial charge in [0, 0.05) is 30.1 Å². The minimum atomic E-state index is -0.768. The van der Waals surface area contributed by atoms with Crippen LogP contribution in [0.1, 0.15) is 33.7 Å². The number of anilines is 1. The van der Waals surface area contributed by atoms with E-state index in [1.807, 2.05) is 31.2 Å². The van der Waals surface area contributed by atoms with Crippen LogP contribution in [0.2, 0.25) is 0 Å². The van der Waals surface area contributed by atoms with E-state index in [1.54, 1.807) is 42.7 Å². The van der Waals surface area contributed by atoms with E-state index in [2.05, 4.69) is 16.4 Å². The molecule has 0 radical (unpaired) electrons. The van der Waals surface area contributed by atoms with Crippen molar-refractivity contribution < 1.29 is 9.18 Å². The molecule has 4 aromatic rings. The largest absolute Gasteiger partial charge is 0.369 e. The Bertz CT molecular complexity index is 1400. The zero-order chi connectivity index (χ0) is 24.8. The lowest BCUT2D eigenvalue weighted by Crippen LogP contribution is -2.24. The normalized spacial score (nSPS) is 11.5. The number of pyridine rings is 2. The lowest BCUT2D eigenvalue weighted by Gasteiger charge is -2.19. The third kappa shape index (κ3) is 5.50. The van der Waals surface area contributed by atoms with Gasteiger partial charge in [0.25, 0.3) is 0 Å². The number of rotatable bonds is 8. The van der Waals surface area contributed by atoms with Crippen LogP contribution in [0.15, 0.2) is 79.1 Å². The summed E-state index contributed by atoms with van der Waals surface area (Å²) < 4.78 is 13.6. The van der Waals surface area contributed by atoms with Crippen LogP contribution in [0.4, 0.5) is 10.2 Å². The lowest BCUT2D eigenvalue weighted by atomic mass is 9.91. The lowest BCUT2D eigenvalue weighted by molar-refractivity contribution is -0.118. The van der Waals surface area contributed by atoms with Crippen molar-refractivity contribution in [1.82, 2.24) is 9.97 Å². The number of nitrogens with zero attached hydrogens (tertiary/aromatic N) is 3. The molecule has 3 N–H and O–H groups in total. The second kappa shape index (κ2) is 10.6. The van der Waals surface area contributed by atoms with Crippen LogP contribution in [0, 0.1) is 24.1 Å². The molecule has 2 aromatic heterocycles. The number of benzene rings is 2. The number of amides is 1. The number of nitrogens with two attached hydrogens (primary N) is 1. The second-order valence-corrected chi connectivity index (χ2v) is 8.22. The van der Waals surface area contributed by atoms with Gasteiger partial charge in [-0.15, -0.1) is 0 Å². The number of carbonyl (C=O) groups excluding carboxylic acids is 1. The summed E-state index contributed by atoms with van der Waals surface area (Å²) in [4.78, 5) is 21.5. The molecule has 0 aliphatic heterocycles. The fourth-order valence-corrected chi connectivity index (χ4v) is 4.03. The summed E-state index contributed by atoms with van der Waals surface area (Å²) in [5, 5.41) is 12.9. The Morgan fingerprint density at radius 2 is 2.00 bits per heavy atom. The van der Waals surface area contributed by atoms with Crippen molar-refractivity contribution in [3.63, 3.8) is 0 Å². The first-order valence-electron chi connectivity index (χ1n) is 11.2. The van der Waals surface area contributed by atoms with Crippen LogP contribution in [-0.4, -0.2) is 22.4 Å². The maximum absolute atomic E-state index is 13.6. The van der Waals surface area contributed by atoms with Crippen LogP contribution >= 0.6 is 0 Å². The Kier molecular flexibility index (Phi) is 7.12. The van der Waals surface area contributed by atoms with Crippen molar-refractivity contribution in [1.29, 1.82) is 5.26 Å². The van der Waals surface area contributed by atoms with Gasteiger partial charge in [-0.2, -0.15) is 5.26 Å². The number of nitriles is 1. The summed E-state index contributed by atoms with van der Waals surface area (Å²) in [7, 11) is 0. The van der Waals surface area contributed by atoms with Gasteiger partial charge >= 0.3 is 0 Å². The van der Waals surface area contributed by atoms with E-state index >= 15 is 0 Å². The Morgan fingerprint density at radius 3 is 2.71 bits per heavy atom. The molecule has 0 aliphatic carbocycles. The van der Waals surface area contributed by atoms with Crippen molar-refractivity contribution in [3.8, 4) is 17.3 Å². The first-order chi connectivity index (χ1) is 17.0. The highest BCUT2D eigenvalue weighted by molar-refractivity contribution is 5.87. The van der Waals surface area contributed by atoms with Gasteiger partial charge in [0.05, 0.1) is 23.2 Å². The monoisotopic (exact) mass is 465 g/mol. The number of primary amides is 1. The van der Waals surface area contributed by atoms with Gasteiger partial charge in [-0.05, 0) is 60.4 Å². The van der Waals surface area contributed by atoms with E-state index in [-0.39, 0.29) is 5.82 Å². The number of halogens is 1. The van der Waals surface area contributed by atoms with Crippen LogP contribution in [0.5, 0.6) is 0 Å². The number of aromatic nitrogens is 2. The maximum Gasteiger partial charge on any atom is 0.229 e. The van der Waals surface area contributed by atoms with Gasteiger partial charge in [-0.3, -0.25) is 9.78 Å². The molecule has 2 aromatic carbocycles. The summed E-state index contributed by atoms with van der Waals surface area (Å²) in [6.45, 7) is 2.37. The summed E-state index contributed by atoms with van der Waals surface area (Å²) in [5.74, 6) is -1.13. The van der Waals surface area contributed by atoms with Gasteiger partial charge in [-0.25, -0.2) is 9.37 Å². The van der Waals surface area contributed by atoms with E-state index < -0.39 is 11.8 Å². The zero-order valence-corrected chi connectivity index (χ0v) is 19.2. The van der Waals surface area contributed by atoms with E-state index in [0.717, 1.165) is 11.1 Å². The van der Waals surface area contributed by atoms with Crippen LogP contribution in [0.3, 0.4) is 0 Å². The molecular weight excluding hydrogens is 441 g/mol. The zero-order valence-electron chi connectivity index (χ0n) is 19.2. The van der Waals surface area contributed by atoms with E-state index in [1.165, 1.54) is 12.1 Å². The molecule has 1 atom stereocenters. The number of nitrogens with one attached hydrogen (secondary N) is 1. The van der Waals surface area contributed by atoms with Crippen molar-refractivity contribution >= 4 is 11.7 Å². The summed E-state index contributed by atoms with van der Waals surface area (Å²) in [6, 6.07) is 21.3. The molecule has 0 aliphatic rings. The molecule has 0 spiro atoms. The molecule has 0 saturated heterocycles. The molecule has 2 heterocycles. The highest BCUT2D eigenvalue weighted by Gasteiger charge is 2.25. The smallest absolute Gasteiger partial charge is 0.229 e. The minimum absolute atomic E-state index is 0.294. The standard InChI is InChI=1S/C28H24FN5O/c1-18-7-8-23(21(14-18)16-30)25-10-9-24(26(27(31)35)20-5-3-12-32-17-20)28(34-25)33-13-11-19-4-2-6-22(29)15-19/h2-10,12,14-15,17,26H,11,13H2,1H3,(H2,31,35)(H,33,34). The van der Waals surface area contributed by atoms with Crippen LogP contribution in [-0.2, 0) is 11.2 Å². The van der Waals surface area contributed by atoms with Crippen LogP contribution in [0.25, 0.3) is 11.3 Å². The number of aryl methyl sites for hydroxylation is 1. The molecular formula is C28H24FN5O. The minimum Gasteiger partial charge on any atom is -0.369 e. The molecule has 0 bridgehead atoms. The molecule has 0 saturated carbocycles. The first-order valence-corrected chi connectivity index (χ1v) is 11.2.